The van der Waals surface area contributed by atoms with Gasteiger partial charge in [-0.1, -0.05) is 17.7 Å². The molecular weight excluding hydrogens is 261 g/mol. The molecule has 0 aliphatic rings. The third-order valence-corrected chi connectivity index (χ3v) is 2.35. The number of esters is 1. The van der Waals surface area contributed by atoms with Gasteiger partial charge in [-0.05, 0) is 17.7 Å². The first kappa shape index (κ1) is 13.8. The number of rotatable bonds is 2. The highest BCUT2D eigenvalue weighted by Gasteiger charge is 2.33. The van der Waals surface area contributed by atoms with Gasteiger partial charge in [-0.3, -0.25) is 0 Å². The van der Waals surface area contributed by atoms with E-state index < -0.39 is 28.8 Å². The van der Waals surface area contributed by atoms with Crippen molar-refractivity contribution in [2.24, 2.45) is 0 Å². The summed E-state index contributed by atoms with van der Waals surface area (Å²) in [6, 6.07) is 2.55. The van der Waals surface area contributed by atoms with Gasteiger partial charge in [0.15, 0.2) is 6.10 Å². The van der Waals surface area contributed by atoms with Gasteiger partial charge >= 0.3 is 12.1 Å². The number of aliphatic hydroxyl groups is 1. The van der Waals surface area contributed by atoms with Crippen LogP contribution in [0.1, 0.15) is 17.2 Å². The summed E-state index contributed by atoms with van der Waals surface area (Å²) in [4.78, 5) is 11.0. The molecule has 0 bridgehead atoms. The molecule has 3 nitrogen and oxygen atoms in total. The fourth-order valence-electron chi connectivity index (χ4n) is 1.18. The maximum Gasteiger partial charge on any atom is 0.417 e. The van der Waals surface area contributed by atoms with Crippen LogP contribution in [0.5, 0.6) is 0 Å². The van der Waals surface area contributed by atoms with Crippen LogP contribution in [0.2, 0.25) is 5.02 Å². The van der Waals surface area contributed by atoms with Crippen molar-refractivity contribution in [3.63, 3.8) is 0 Å². The SMILES string of the molecule is COC(=O)C(O)c1ccc(C(F)(F)F)c(Cl)c1. The molecule has 1 rings (SSSR count). The summed E-state index contributed by atoms with van der Waals surface area (Å²) in [7, 11) is 1.05. The Bertz CT molecular complexity index is 431. The van der Waals surface area contributed by atoms with Crippen LogP contribution < -0.4 is 0 Å². The minimum absolute atomic E-state index is 0.0603. The quantitative estimate of drug-likeness (QED) is 0.839. The maximum atomic E-state index is 12.4. The van der Waals surface area contributed by atoms with Gasteiger partial charge in [0.1, 0.15) is 0 Å². The van der Waals surface area contributed by atoms with Crippen molar-refractivity contribution >= 4 is 17.6 Å². The number of carbonyl (C=O) groups is 1. The normalized spacial score (nSPS) is 13.3. The first-order valence-electron chi connectivity index (χ1n) is 4.40. The lowest BCUT2D eigenvalue weighted by Crippen LogP contribution is -2.14. The molecule has 0 spiro atoms. The van der Waals surface area contributed by atoms with Crippen molar-refractivity contribution in [1.29, 1.82) is 0 Å². The third-order valence-electron chi connectivity index (χ3n) is 2.04. The zero-order valence-corrected chi connectivity index (χ0v) is 9.34. The van der Waals surface area contributed by atoms with Crippen LogP contribution in [0.4, 0.5) is 13.2 Å². The van der Waals surface area contributed by atoms with Crippen LogP contribution in [0.3, 0.4) is 0 Å². The molecule has 0 saturated heterocycles. The first-order valence-corrected chi connectivity index (χ1v) is 4.77. The van der Waals surface area contributed by atoms with Gasteiger partial charge in [-0.2, -0.15) is 13.2 Å². The Morgan fingerprint density at radius 1 is 1.47 bits per heavy atom. The van der Waals surface area contributed by atoms with Gasteiger partial charge in [0, 0.05) is 0 Å². The molecule has 7 heteroatoms. The summed E-state index contributed by atoms with van der Waals surface area (Å²) in [6.45, 7) is 0. The zero-order chi connectivity index (χ0) is 13.2. The predicted octanol–water partition coefficient (Wildman–Crippen LogP) is 2.57. The summed E-state index contributed by atoms with van der Waals surface area (Å²) in [6.07, 6.45) is -6.23. The summed E-state index contributed by atoms with van der Waals surface area (Å²) in [5, 5.41) is 8.81. The van der Waals surface area contributed by atoms with Crippen LogP contribution >= 0.6 is 11.6 Å². The highest BCUT2D eigenvalue weighted by molar-refractivity contribution is 6.31. The molecule has 0 aromatic heterocycles. The number of hydrogen-bond donors (Lipinski definition) is 1. The smallest absolute Gasteiger partial charge is 0.417 e. The van der Waals surface area contributed by atoms with Crippen molar-refractivity contribution in [2.45, 2.75) is 12.3 Å². The van der Waals surface area contributed by atoms with Crippen LogP contribution in [-0.4, -0.2) is 18.2 Å². The van der Waals surface area contributed by atoms with Gasteiger partial charge in [-0.15, -0.1) is 0 Å². The molecule has 1 unspecified atom stereocenters. The van der Waals surface area contributed by atoms with Crippen LogP contribution in [0.25, 0.3) is 0 Å². The summed E-state index contributed by atoms with van der Waals surface area (Å²) < 4.78 is 41.4. The van der Waals surface area contributed by atoms with Crippen molar-refractivity contribution < 1.29 is 27.8 Å². The molecule has 1 N–H and O–H groups in total. The summed E-state index contributed by atoms with van der Waals surface area (Å²) >= 11 is 5.42. The molecule has 0 heterocycles. The van der Waals surface area contributed by atoms with Gasteiger partial charge in [0.05, 0.1) is 17.7 Å². The van der Waals surface area contributed by atoms with Crippen LogP contribution in [0, 0.1) is 0 Å². The number of alkyl halides is 3. The Kier molecular flexibility index (Phi) is 4.00. The Hall–Kier alpha value is -1.27. The van der Waals surface area contributed by atoms with Gasteiger partial charge < -0.3 is 9.84 Å². The van der Waals surface area contributed by atoms with Gasteiger partial charge in [0.2, 0.25) is 0 Å². The average Bonchev–Trinajstić information content (AvgIpc) is 2.25. The Morgan fingerprint density at radius 2 is 2.06 bits per heavy atom. The molecule has 0 fully saturated rings. The van der Waals surface area contributed by atoms with Crippen LogP contribution in [-0.2, 0) is 15.7 Å². The predicted molar refractivity (Wildman–Crippen MR) is 53.4 cm³/mol. The van der Waals surface area contributed by atoms with Crippen molar-refractivity contribution in [3.8, 4) is 0 Å². The van der Waals surface area contributed by atoms with Gasteiger partial charge in [0.25, 0.3) is 0 Å². The van der Waals surface area contributed by atoms with E-state index in [1.807, 2.05) is 0 Å². The highest BCUT2D eigenvalue weighted by Crippen LogP contribution is 2.35. The third kappa shape index (κ3) is 3.10. The molecule has 17 heavy (non-hydrogen) atoms. The lowest BCUT2D eigenvalue weighted by atomic mass is 10.1. The summed E-state index contributed by atoms with van der Waals surface area (Å²) in [5.41, 5.74) is -1.09. The molecule has 1 aromatic carbocycles. The van der Waals surface area contributed by atoms with E-state index in [4.69, 9.17) is 11.6 Å². The maximum absolute atomic E-state index is 12.4. The van der Waals surface area contributed by atoms with Gasteiger partial charge in [-0.25, -0.2) is 4.79 Å². The van der Waals surface area contributed by atoms with E-state index in [1.54, 1.807) is 0 Å². The monoisotopic (exact) mass is 268 g/mol. The fraction of sp³-hybridized carbons (Fsp3) is 0.300. The Balaban J connectivity index is 3.09. The largest absolute Gasteiger partial charge is 0.467 e. The number of halogens is 4. The van der Waals surface area contributed by atoms with E-state index in [0.29, 0.717) is 6.07 Å². The molecule has 1 aromatic rings. The lowest BCUT2D eigenvalue weighted by molar-refractivity contribution is -0.150. The number of methoxy groups -OCH3 is 1. The van der Waals surface area contributed by atoms with E-state index >= 15 is 0 Å². The minimum Gasteiger partial charge on any atom is -0.467 e. The Labute approximate surface area is 99.8 Å². The molecule has 0 amide bonds. The second kappa shape index (κ2) is 4.93. The molecule has 0 aliphatic heterocycles. The van der Waals surface area contributed by atoms with E-state index in [2.05, 4.69) is 4.74 Å². The number of aliphatic hydroxyl groups excluding tert-OH is 1. The lowest BCUT2D eigenvalue weighted by Gasteiger charge is -2.12. The minimum atomic E-state index is -4.58. The summed E-state index contributed by atoms with van der Waals surface area (Å²) in [5.74, 6) is -0.971. The molecular formula is C10H8ClF3O3. The van der Waals surface area contributed by atoms with Crippen molar-refractivity contribution in [1.82, 2.24) is 0 Å². The topological polar surface area (TPSA) is 46.5 Å². The molecule has 0 saturated carbocycles. The van der Waals surface area contributed by atoms with E-state index in [0.717, 1.165) is 19.2 Å². The highest BCUT2D eigenvalue weighted by atomic mass is 35.5. The number of carbonyl (C=O) groups excluding carboxylic acids is 1. The number of hydrogen-bond acceptors (Lipinski definition) is 3. The molecule has 0 aliphatic carbocycles. The van der Waals surface area contributed by atoms with Crippen LogP contribution in [0.15, 0.2) is 18.2 Å². The zero-order valence-electron chi connectivity index (χ0n) is 8.58. The molecule has 0 radical (unpaired) electrons. The number of ether oxygens (including phenoxy) is 1. The first-order chi connectivity index (χ1) is 7.77. The van der Waals surface area contributed by atoms with E-state index in [-0.39, 0.29) is 5.56 Å². The average molecular weight is 269 g/mol. The second-order valence-electron chi connectivity index (χ2n) is 3.16. The molecule has 94 valence electrons. The Morgan fingerprint density at radius 3 is 2.47 bits per heavy atom. The van der Waals surface area contributed by atoms with Crippen molar-refractivity contribution in [2.75, 3.05) is 7.11 Å². The fourth-order valence-corrected chi connectivity index (χ4v) is 1.48. The van der Waals surface area contributed by atoms with E-state index in [1.165, 1.54) is 0 Å². The van der Waals surface area contributed by atoms with E-state index in [9.17, 15) is 23.1 Å². The molecule has 1 atom stereocenters. The second-order valence-corrected chi connectivity index (χ2v) is 3.57. The standard InChI is InChI=1S/C10H8ClF3O3/c1-17-9(16)8(15)5-2-3-6(7(11)4-5)10(12,13)14/h2-4,8,15H,1H3. The number of benzene rings is 1. The van der Waals surface area contributed by atoms with Crippen molar-refractivity contribution in [3.05, 3.63) is 34.3 Å².